The number of nitro benzene ring substituents is 1. The van der Waals surface area contributed by atoms with Crippen molar-refractivity contribution >= 4 is 15.7 Å². The topological polar surface area (TPSA) is 89.3 Å². The first-order chi connectivity index (χ1) is 9.61. The van der Waals surface area contributed by atoms with Crippen LogP contribution in [0.5, 0.6) is 0 Å². The Bertz CT molecular complexity index is 673. The second-order valence-corrected chi connectivity index (χ2v) is 7.81. The predicted molar refractivity (Wildman–Crippen MR) is 74.8 cm³/mol. The lowest BCUT2D eigenvalue weighted by atomic mass is 9.92. The molecule has 0 bridgehead atoms. The van der Waals surface area contributed by atoms with Crippen LogP contribution >= 0.6 is 0 Å². The van der Waals surface area contributed by atoms with Crippen LogP contribution in [0.4, 0.5) is 10.1 Å². The molecule has 21 heavy (non-hydrogen) atoms. The predicted octanol–water partition coefficient (Wildman–Crippen LogP) is 2.59. The molecule has 2 rings (SSSR count). The second kappa shape index (κ2) is 5.34. The van der Waals surface area contributed by atoms with Gasteiger partial charge in [-0.2, -0.15) is 4.39 Å². The molecule has 1 N–H and O–H groups in total. The van der Waals surface area contributed by atoms with Crippen molar-refractivity contribution in [3.63, 3.8) is 0 Å². The Morgan fingerprint density at radius 3 is 2.57 bits per heavy atom. The zero-order valence-corrected chi connectivity index (χ0v) is 12.6. The van der Waals surface area contributed by atoms with Crippen LogP contribution in [0.25, 0.3) is 0 Å². The van der Waals surface area contributed by atoms with E-state index in [1.165, 1.54) is 0 Å². The molecule has 1 atom stereocenters. The molecule has 8 heteroatoms. The molecule has 0 spiro atoms. The summed E-state index contributed by atoms with van der Waals surface area (Å²) in [7, 11) is -3.87. The van der Waals surface area contributed by atoms with Gasteiger partial charge in [-0.25, -0.2) is 13.1 Å². The summed E-state index contributed by atoms with van der Waals surface area (Å²) >= 11 is 0. The van der Waals surface area contributed by atoms with Crippen molar-refractivity contribution in [2.24, 2.45) is 5.41 Å². The third-order valence-corrected chi connectivity index (χ3v) is 5.23. The number of hydrogen-bond donors (Lipinski definition) is 1. The van der Waals surface area contributed by atoms with Crippen molar-refractivity contribution in [2.45, 2.75) is 44.0 Å². The largest absolute Gasteiger partial charge is 0.304 e. The first-order valence-corrected chi connectivity index (χ1v) is 8.05. The third kappa shape index (κ3) is 3.56. The van der Waals surface area contributed by atoms with E-state index in [2.05, 4.69) is 18.6 Å². The summed E-state index contributed by atoms with van der Waals surface area (Å²) in [5, 5.41) is 10.5. The van der Waals surface area contributed by atoms with Crippen molar-refractivity contribution in [1.82, 2.24) is 4.72 Å². The number of nitrogens with zero attached hydrogens (tertiary/aromatic N) is 1. The van der Waals surface area contributed by atoms with E-state index in [4.69, 9.17) is 0 Å². The minimum atomic E-state index is -3.87. The van der Waals surface area contributed by atoms with Crippen LogP contribution in [-0.4, -0.2) is 19.4 Å². The number of rotatable bonds is 4. The third-order valence-electron chi connectivity index (χ3n) is 3.72. The van der Waals surface area contributed by atoms with Crippen LogP contribution < -0.4 is 4.72 Å². The van der Waals surface area contributed by atoms with Crippen molar-refractivity contribution in [3.8, 4) is 0 Å². The summed E-state index contributed by atoms with van der Waals surface area (Å²) in [4.78, 5) is 9.35. The van der Waals surface area contributed by atoms with Crippen LogP contribution in [-0.2, 0) is 10.0 Å². The van der Waals surface area contributed by atoms with Crippen molar-refractivity contribution in [2.75, 3.05) is 0 Å². The average Bonchev–Trinajstić information content (AvgIpc) is 2.67. The van der Waals surface area contributed by atoms with E-state index >= 15 is 0 Å². The number of halogens is 1. The molecule has 1 aromatic carbocycles. The highest BCUT2D eigenvalue weighted by atomic mass is 32.2. The second-order valence-electron chi connectivity index (χ2n) is 6.10. The molecule has 1 saturated carbocycles. The zero-order valence-electron chi connectivity index (χ0n) is 11.8. The lowest BCUT2D eigenvalue weighted by Gasteiger charge is -2.18. The highest BCUT2D eigenvalue weighted by molar-refractivity contribution is 7.89. The molecule has 0 amide bonds. The maximum absolute atomic E-state index is 13.5. The van der Waals surface area contributed by atoms with E-state index in [0.717, 1.165) is 25.0 Å². The standard InChI is InChI=1S/C13H17FN2O4S/c1-13(2)6-5-9(8-13)15-21(19,20)10-3-4-12(16(17)18)11(14)7-10/h3-4,7,9,15H,5-6,8H2,1-2H3. The zero-order chi connectivity index (χ0) is 15.8. The first-order valence-electron chi connectivity index (χ1n) is 6.57. The Kier molecular flexibility index (Phi) is 4.03. The van der Waals surface area contributed by atoms with E-state index < -0.39 is 26.5 Å². The van der Waals surface area contributed by atoms with Gasteiger partial charge in [0.05, 0.1) is 9.82 Å². The molecule has 1 aliphatic carbocycles. The monoisotopic (exact) mass is 316 g/mol. The fourth-order valence-corrected chi connectivity index (χ4v) is 3.91. The van der Waals surface area contributed by atoms with Crippen LogP contribution in [0.3, 0.4) is 0 Å². The Balaban J connectivity index is 2.20. The van der Waals surface area contributed by atoms with Gasteiger partial charge in [0.15, 0.2) is 0 Å². The molecular formula is C13H17FN2O4S. The Hall–Kier alpha value is -1.54. The van der Waals surface area contributed by atoms with E-state index in [1.807, 2.05) is 0 Å². The molecular weight excluding hydrogens is 299 g/mol. The average molecular weight is 316 g/mol. The van der Waals surface area contributed by atoms with Crippen molar-refractivity contribution in [1.29, 1.82) is 0 Å². The maximum Gasteiger partial charge on any atom is 0.304 e. The Morgan fingerprint density at radius 2 is 2.10 bits per heavy atom. The fourth-order valence-electron chi connectivity index (χ4n) is 2.63. The van der Waals surface area contributed by atoms with Gasteiger partial charge < -0.3 is 0 Å². The first kappa shape index (κ1) is 15.8. The summed E-state index contributed by atoms with van der Waals surface area (Å²) in [6.45, 7) is 4.12. The Morgan fingerprint density at radius 1 is 1.43 bits per heavy atom. The lowest BCUT2D eigenvalue weighted by Crippen LogP contribution is -2.33. The van der Waals surface area contributed by atoms with Gasteiger partial charge in [-0.15, -0.1) is 0 Å². The molecule has 0 aliphatic heterocycles. The van der Waals surface area contributed by atoms with Crippen LogP contribution in [0.1, 0.15) is 33.1 Å². The number of nitro groups is 1. The van der Waals surface area contributed by atoms with Crippen molar-refractivity contribution < 1.29 is 17.7 Å². The minimum Gasteiger partial charge on any atom is -0.258 e. The molecule has 1 aliphatic rings. The van der Waals surface area contributed by atoms with E-state index in [-0.39, 0.29) is 16.4 Å². The van der Waals surface area contributed by atoms with Gasteiger partial charge in [0.1, 0.15) is 0 Å². The summed E-state index contributed by atoms with van der Waals surface area (Å²) in [6, 6.07) is 2.40. The number of sulfonamides is 1. The number of nitrogens with one attached hydrogen (secondary N) is 1. The van der Waals surface area contributed by atoms with Gasteiger partial charge >= 0.3 is 5.69 Å². The lowest BCUT2D eigenvalue weighted by molar-refractivity contribution is -0.387. The number of benzene rings is 1. The summed E-state index contributed by atoms with van der Waals surface area (Å²) in [5.41, 5.74) is -0.663. The molecule has 1 unspecified atom stereocenters. The highest BCUT2D eigenvalue weighted by Gasteiger charge is 2.33. The van der Waals surface area contributed by atoms with Gasteiger partial charge in [-0.05, 0) is 30.7 Å². The highest BCUT2D eigenvalue weighted by Crippen LogP contribution is 2.37. The normalized spacial score (nSPS) is 21.4. The summed E-state index contributed by atoms with van der Waals surface area (Å²) < 4.78 is 40.4. The van der Waals surface area contributed by atoms with E-state index in [1.54, 1.807) is 0 Å². The van der Waals surface area contributed by atoms with Gasteiger partial charge in [0, 0.05) is 18.2 Å². The van der Waals surface area contributed by atoms with Gasteiger partial charge in [0.25, 0.3) is 0 Å². The van der Waals surface area contributed by atoms with Gasteiger partial charge in [0.2, 0.25) is 15.8 Å². The Labute approximate surface area is 122 Å². The van der Waals surface area contributed by atoms with Crippen molar-refractivity contribution in [3.05, 3.63) is 34.1 Å². The SMILES string of the molecule is CC1(C)CCC(NS(=O)(=O)c2ccc([N+](=O)[O-])c(F)c2)C1. The summed E-state index contributed by atoms with van der Waals surface area (Å²) in [5.74, 6) is -1.16. The molecule has 0 aromatic heterocycles. The molecule has 116 valence electrons. The fraction of sp³-hybridized carbons (Fsp3) is 0.538. The van der Waals surface area contributed by atoms with Crippen LogP contribution in [0, 0.1) is 21.3 Å². The van der Waals surface area contributed by atoms with Crippen LogP contribution in [0.15, 0.2) is 23.1 Å². The van der Waals surface area contributed by atoms with E-state index in [0.29, 0.717) is 12.5 Å². The van der Waals surface area contributed by atoms with Crippen LogP contribution in [0.2, 0.25) is 0 Å². The molecule has 1 fully saturated rings. The minimum absolute atomic E-state index is 0.0773. The maximum atomic E-state index is 13.5. The summed E-state index contributed by atoms with van der Waals surface area (Å²) in [6.07, 6.45) is 2.35. The smallest absolute Gasteiger partial charge is 0.258 e. The molecule has 6 nitrogen and oxygen atoms in total. The molecule has 0 saturated heterocycles. The molecule has 1 aromatic rings. The van der Waals surface area contributed by atoms with Gasteiger partial charge in [-0.1, -0.05) is 13.8 Å². The number of hydrogen-bond acceptors (Lipinski definition) is 4. The van der Waals surface area contributed by atoms with E-state index in [9.17, 15) is 22.9 Å². The molecule has 0 heterocycles. The molecule has 0 radical (unpaired) electrons. The van der Waals surface area contributed by atoms with Gasteiger partial charge in [-0.3, -0.25) is 10.1 Å². The quantitative estimate of drug-likeness (QED) is 0.683.